The van der Waals surface area contributed by atoms with Crippen LogP contribution in [0.4, 0.5) is 8.78 Å². The van der Waals surface area contributed by atoms with Crippen molar-refractivity contribution in [2.75, 3.05) is 33.2 Å². The molecule has 0 N–H and O–H groups in total. The van der Waals surface area contributed by atoms with Gasteiger partial charge in [-0.1, -0.05) is 5.16 Å². The van der Waals surface area contributed by atoms with Crippen molar-refractivity contribution in [2.45, 2.75) is 0 Å². The highest BCUT2D eigenvalue weighted by Crippen LogP contribution is 2.23. The summed E-state index contributed by atoms with van der Waals surface area (Å²) in [5.41, 5.74) is 0.508. The summed E-state index contributed by atoms with van der Waals surface area (Å²) in [6.07, 6.45) is 0. The molecule has 2 heterocycles. The van der Waals surface area contributed by atoms with Crippen molar-refractivity contribution in [3.8, 4) is 11.3 Å². The van der Waals surface area contributed by atoms with Crippen LogP contribution in [-0.4, -0.2) is 54.1 Å². The van der Waals surface area contributed by atoms with Gasteiger partial charge in [-0.2, -0.15) is 0 Å². The fourth-order valence-corrected chi connectivity index (χ4v) is 2.33. The fourth-order valence-electron chi connectivity index (χ4n) is 2.33. The predicted molar refractivity (Wildman–Crippen MR) is 75.3 cm³/mol. The molecule has 5 nitrogen and oxygen atoms in total. The molecule has 1 fully saturated rings. The van der Waals surface area contributed by atoms with Crippen LogP contribution in [0.15, 0.2) is 28.8 Å². The number of carbonyl (C=O) groups excluding carboxylic acids is 1. The van der Waals surface area contributed by atoms with Crippen molar-refractivity contribution in [2.24, 2.45) is 0 Å². The molecular weight excluding hydrogens is 292 g/mol. The van der Waals surface area contributed by atoms with E-state index in [1.807, 2.05) is 7.05 Å². The molecule has 0 radical (unpaired) electrons. The van der Waals surface area contributed by atoms with Gasteiger partial charge in [0.05, 0.1) is 0 Å². The van der Waals surface area contributed by atoms with Crippen LogP contribution in [0.2, 0.25) is 0 Å². The minimum absolute atomic E-state index is 0.171. The van der Waals surface area contributed by atoms with Crippen LogP contribution < -0.4 is 0 Å². The van der Waals surface area contributed by atoms with Crippen molar-refractivity contribution in [1.82, 2.24) is 15.0 Å². The smallest absolute Gasteiger partial charge is 0.276 e. The van der Waals surface area contributed by atoms with Gasteiger partial charge in [0.15, 0.2) is 23.1 Å². The van der Waals surface area contributed by atoms with Gasteiger partial charge in [0.2, 0.25) is 0 Å². The van der Waals surface area contributed by atoms with Crippen LogP contribution in [0.5, 0.6) is 0 Å². The van der Waals surface area contributed by atoms with Gasteiger partial charge in [0, 0.05) is 37.8 Å². The van der Waals surface area contributed by atoms with Gasteiger partial charge in [0.25, 0.3) is 5.91 Å². The molecule has 0 spiro atoms. The van der Waals surface area contributed by atoms with E-state index >= 15 is 0 Å². The maximum Gasteiger partial charge on any atom is 0.276 e. The fraction of sp³-hybridized carbons (Fsp3) is 0.333. The van der Waals surface area contributed by atoms with Crippen molar-refractivity contribution in [3.05, 3.63) is 41.6 Å². The number of rotatable bonds is 2. The summed E-state index contributed by atoms with van der Waals surface area (Å²) in [6, 6.07) is 4.85. The van der Waals surface area contributed by atoms with E-state index in [1.54, 1.807) is 4.90 Å². The molecule has 3 rings (SSSR count). The summed E-state index contributed by atoms with van der Waals surface area (Å²) in [6.45, 7) is 2.87. The Morgan fingerprint density at radius 1 is 1.14 bits per heavy atom. The Labute approximate surface area is 126 Å². The largest absolute Gasteiger partial charge is 0.355 e. The van der Waals surface area contributed by atoms with E-state index < -0.39 is 11.6 Å². The molecule has 1 aliphatic rings. The monoisotopic (exact) mass is 307 g/mol. The summed E-state index contributed by atoms with van der Waals surface area (Å²) >= 11 is 0. The number of amides is 1. The predicted octanol–water partition coefficient (Wildman–Crippen LogP) is 2.01. The van der Waals surface area contributed by atoms with E-state index in [1.165, 1.54) is 12.1 Å². The lowest BCUT2D eigenvalue weighted by Crippen LogP contribution is -2.47. The van der Waals surface area contributed by atoms with Gasteiger partial charge < -0.3 is 14.3 Å². The third-order valence-electron chi connectivity index (χ3n) is 3.72. The molecule has 1 aliphatic heterocycles. The van der Waals surface area contributed by atoms with Crippen molar-refractivity contribution in [1.29, 1.82) is 0 Å². The Kier molecular flexibility index (Phi) is 3.89. The second-order valence-electron chi connectivity index (χ2n) is 5.30. The summed E-state index contributed by atoms with van der Waals surface area (Å²) in [4.78, 5) is 16.2. The van der Waals surface area contributed by atoms with Crippen molar-refractivity contribution < 1.29 is 18.1 Å². The van der Waals surface area contributed by atoms with Crippen LogP contribution in [0.3, 0.4) is 0 Å². The average Bonchev–Trinajstić information content (AvgIpc) is 3.00. The van der Waals surface area contributed by atoms with Crippen LogP contribution in [0.1, 0.15) is 10.5 Å². The zero-order valence-electron chi connectivity index (χ0n) is 12.1. The lowest BCUT2D eigenvalue weighted by atomic mass is 10.1. The Morgan fingerprint density at radius 2 is 1.86 bits per heavy atom. The quantitative estimate of drug-likeness (QED) is 0.851. The molecule has 22 heavy (non-hydrogen) atoms. The van der Waals surface area contributed by atoms with Crippen LogP contribution >= 0.6 is 0 Å². The second kappa shape index (κ2) is 5.84. The van der Waals surface area contributed by atoms with Gasteiger partial charge in [-0.15, -0.1) is 0 Å². The summed E-state index contributed by atoms with van der Waals surface area (Å²) in [5, 5.41) is 3.74. The molecule has 0 saturated carbocycles. The molecule has 1 aromatic heterocycles. The maximum atomic E-state index is 13.2. The molecule has 1 saturated heterocycles. The minimum Gasteiger partial charge on any atom is -0.355 e. The van der Waals surface area contributed by atoms with Gasteiger partial charge in [-0.25, -0.2) is 8.78 Å². The molecule has 0 bridgehead atoms. The molecule has 1 aromatic carbocycles. The Bertz CT molecular complexity index is 694. The van der Waals surface area contributed by atoms with Crippen LogP contribution in [-0.2, 0) is 0 Å². The first kappa shape index (κ1) is 14.6. The number of benzene rings is 1. The number of hydrogen-bond acceptors (Lipinski definition) is 4. The van der Waals surface area contributed by atoms with E-state index in [2.05, 4.69) is 10.1 Å². The summed E-state index contributed by atoms with van der Waals surface area (Å²) < 4.78 is 31.3. The zero-order valence-corrected chi connectivity index (χ0v) is 12.1. The topological polar surface area (TPSA) is 49.6 Å². The third kappa shape index (κ3) is 2.85. The number of nitrogens with zero attached hydrogens (tertiary/aromatic N) is 3. The highest BCUT2D eigenvalue weighted by atomic mass is 19.2. The van der Waals surface area contributed by atoms with E-state index in [4.69, 9.17) is 4.52 Å². The number of piperazine rings is 1. The standard InChI is InChI=1S/C15H15F2N3O2/c1-19-4-6-20(7-5-19)15(21)13-9-14(22-18-13)10-2-3-11(16)12(17)8-10/h2-3,8-9H,4-7H2,1H3. The minimum atomic E-state index is -0.971. The average molecular weight is 307 g/mol. The van der Waals surface area contributed by atoms with E-state index in [0.717, 1.165) is 25.2 Å². The van der Waals surface area contributed by atoms with Gasteiger partial charge in [0.1, 0.15) is 0 Å². The highest BCUT2D eigenvalue weighted by molar-refractivity contribution is 5.93. The second-order valence-corrected chi connectivity index (χ2v) is 5.30. The lowest BCUT2D eigenvalue weighted by molar-refractivity contribution is 0.0654. The molecule has 116 valence electrons. The molecule has 0 unspecified atom stereocenters. The van der Waals surface area contributed by atoms with E-state index in [0.29, 0.717) is 18.7 Å². The lowest BCUT2D eigenvalue weighted by Gasteiger charge is -2.31. The Hall–Kier alpha value is -2.28. The molecular formula is C15H15F2N3O2. The normalized spacial score (nSPS) is 16.0. The third-order valence-corrected chi connectivity index (χ3v) is 3.72. The number of likely N-dealkylation sites (N-methyl/N-ethyl adjacent to an activating group) is 1. The summed E-state index contributed by atoms with van der Waals surface area (Å²) in [5.74, 6) is -1.89. The Balaban J connectivity index is 1.78. The number of halogens is 2. The van der Waals surface area contributed by atoms with Gasteiger partial charge in [-0.3, -0.25) is 4.79 Å². The first-order chi connectivity index (χ1) is 10.5. The van der Waals surface area contributed by atoms with Crippen LogP contribution in [0, 0.1) is 11.6 Å². The molecule has 0 aliphatic carbocycles. The summed E-state index contributed by atoms with van der Waals surface area (Å²) in [7, 11) is 2.00. The number of aromatic nitrogens is 1. The first-order valence-corrected chi connectivity index (χ1v) is 6.94. The van der Waals surface area contributed by atoms with E-state index in [9.17, 15) is 13.6 Å². The van der Waals surface area contributed by atoms with E-state index in [-0.39, 0.29) is 17.4 Å². The Morgan fingerprint density at radius 3 is 2.55 bits per heavy atom. The molecule has 1 amide bonds. The van der Waals surface area contributed by atoms with Crippen molar-refractivity contribution in [3.63, 3.8) is 0 Å². The van der Waals surface area contributed by atoms with Crippen molar-refractivity contribution >= 4 is 5.91 Å². The van der Waals surface area contributed by atoms with Gasteiger partial charge in [-0.05, 0) is 25.2 Å². The maximum absolute atomic E-state index is 13.2. The highest BCUT2D eigenvalue weighted by Gasteiger charge is 2.23. The number of carbonyl (C=O) groups is 1. The first-order valence-electron chi connectivity index (χ1n) is 6.94. The number of hydrogen-bond donors (Lipinski definition) is 0. The SMILES string of the molecule is CN1CCN(C(=O)c2cc(-c3ccc(F)c(F)c3)on2)CC1. The zero-order chi connectivity index (χ0) is 15.7. The van der Waals surface area contributed by atoms with Crippen LogP contribution in [0.25, 0.3) is 11.3 Å². The molecule has 2 aromatic rings. The molecule has 0 atom stereocenters. The van der Waals surface area contributed by atoms with Gasteiger partial charge >= 0.3 is 0 Å². The molecule has 7 heteroatoms.